The largest absolute Gasteiger partial charge is 0.478 e. The van der Waals surface area contributed by atoms with Gasteiger partial charge in [-0.25, -0.2) is 4.79 Å². The zero-order valence-electron chi connectivity index (χ0n) is 9.55. The first kappa shape index (κ1) is 11.3. The van der Waals surface area contributed by atoms with Gasteiger partial charge in [-0.2, -0.15) is 0 Å². The number of benzene rings is 1. The Kier molecular flexibility index (Phi) is 3.19. The standard InChI is InChI=1S/C14H13NO2/c1-2-10(14(16)17)9-11-7-8-15-13-6-4-3-5-12(11)13/h3-9H,2H2,1H3,(H,16,17). The maximum atomic E-state index is 11.0. The third-order valence-corrected chi connectivity index (χ3v) is 2.67. The summed E-state index contributed by atoms with van der Waals surface area (Å²) in [6.45, 7) is 1.84. The molecule has 0 spiro atoms. The summed E-state index contributed by atoms with van der Waals surface area (Å²) >= 11 is 0. The molecule has 1 heterocycles. The lowest BCUT2D eigenvalue weighted by Gasteiger charge is -2.03. The molecule has 86 valence electrons. The van der Waals surface area contributed by atoms with Gasteiger partial charge in [0, 0.05) is 17.2 Å². The Morgan fingerprint density at radius 3 is 2.82 bits per heavy atom. The van der Waals surface area contributed by atoms with Crippen LogP contribution in [0.3, 0.4) is 0 Å². The number of nitrogens with zero attached hydrogens (tertiary/aromatic N) is 1. The minimum absolute atomic E-state index is 0.404. The molecule has 1 N–H and O–H groups in total. The number of hydrogen-bond acceptors (Lipinski definition) is 2. The van der Waals surface area contributed by atoms with Gasteiger partial charge in [0.15, 0.2) is 0 Å². The molecule has 0 aliphatic heterocycles. The number of carboxylic acids is 1. The molecule has 0 saturated carbocycles. The van der Waals surface area contributed by atoms with Crippen molar-refractivity contribution in [1.29, 1.82) is 0 Å². The average Bonchev–Trinajstić information content (AvgIpc) is 2.35. The van der Waals surface area contributed by atoms with E-state index in [-0.39, 0.29) is 0 Å². The van der Waals surface area contributed by atoms with E-state index in [4.69, 9.17) is 5.11 Å². The zero-order chi connectivity index (χ0) is 12.3. The first-order chi connectivity index (χ1) is 8.22. The smallest absolute Gasteiger partial charge is 0.331 e. The van der Waals surface area contributed by atoms with Crippen LogP contribution in [-0.4, -0.2) is 16.1 Å². The van der Waals surface area contributed by atoms with Crippen LogP contribution in [0.1, 0.15) is 18.9 Å². The molecule has 3 nitrogen and oxygen atoms in total. The van der Waals surface area contributed by atoms with Gasteiger partial charge in [0.1, 0.15) is 0 Å². The summed E-state index contributed by atoms with van der Waals surface area (Å²) in [5, 5.41) is 10.00. The van der Waals surface area contributed by atoms with Crippen molar-refractivity contribution in [2.45, 2.75) is 13.3 Å². The number of aromatic nitrogens is 1. The molecule has 0 fully saturated rings. The number of para-hydroxylation sites is 1. The summed E-state index contributed by atoms with van der Waals surface area (Å²) in [7, 11) is 0. The molecule has 2 rings (SSSR count). The van der Waals surface area contributed by atoms with Gasteiger partial charge >= 0.3 is 5.97 Å². The van der Waals surface area contributed by atoms with Crippen LogP contribution in [0.4, 0.5) is 0 Å². The van der Waals surface area contributed by atoms with Crippen molar-refractivity contribution in [3.05, 3.63) is 47.7 Å². The van der Waals surface area contributed by atoms with E-state index in [0.29, 0.717) is 12.0 Å². The highest BCUT2D eigenvalue weighted by molar-refractivity contribution is 5.96. The van der Waals surface area contributed by atoms with Crippen LogP contribution in [-0.2, 0) is 4.79 Å². The highest BCUT2D eigenvalue weighted by Crippen LogP contribution is 2.19. The Balaban J connectivity index is 2.59. The fourth-order valence-corrected chi connectivity index (χ4v) is 1.75. The molecule has 3 heteroatoms. The SMILES string of the molecule is CCC(=Cc1ccnc2ccccc12)C(=O)O. The minimum Gasteiger partial charge on any atom is -0.478 e. The van der Waals surface area contributed by atoms with E-state index in [1.807, 2.05) is 37.3 Å². The molecule has 0 amide bonds. The van der Waals surface area contributed by atoms with E-state index in [2.05, 4.69) is 4.98 Å². The highest BCUT2D eigenvalue weighted by Gasteiger charge is 2.06. The normalized spacial score (nSPS) is 11.7. The fraction of sp³-hybridized carbons (Fsp3) is 0.143. The third kappa shape index (κ3) is 2.33. The molecule has 2 aromatic rings. The second-order valence-electron chi connectivity index (χ2n) is 3.75. The molecule has 0 aliphatic carbocycles. The summed E-state index contributed by atoms with van der Waals surface area (Å²) in [6, 6.07) is 9.54. The highest BCUT2D eigenvalue weighted by atomic mass is 16.4. The van der Waals surface area contributed by atoms with Crippen molar-refractivity contribution in [2.75, 3.05) is 0 Å². The number of rotatable bonds is 3. The minimum atomic E-state index is -0.867. The van der Waals surface area contributed by atoms with Gasteiger partial charge in [0.05, 0.1) is 5.52 Å². The molecular formula is C14H13NO2. The van der Waals surface area contributed by atoms with Gasteiger partial charge in [-0.3, -0.25) is 4.98 Å². The van der Waals surface area contributed by atoms with Gasteiger partial charge < -0.3 is 5.11 Å². The van der Waals surface area contributed by atoms with Crippen molar-refractivity contribution in [3.63, 3.8) is 0 Å². The van der Waals surface area contributed by atoms with Crippen molar-refractivity contribution in [2.24, 2.45) is 0 Å². The summed E-state index contributed by atoms with van der Waals surface area (Å²) in [5.74, 6) is -0.867. The predicted molar refractivity (Wildman–Crippen MR) is 67.6 cm³/mol. The lowest BCUT2D eigenvalue weighted by Crippen LogP contribution is -1.98. The number of aliphatic carboxylic acids is 1. The predicted octanol–water partition coefficient (Wildman–Crippen LogP) is 3.11. The number of carbonyl (C=O) groups is 1. The Morgan fingerprint density at radius 1 is 1.35 bits per heavy atom. The van der Waals surface area contributed by atoms with E-state index >= 15 is 0 Å². The van der Waals surface area contributed by atoms with Crippen molar-refractivity contribution in [3.8, 4) is 0 Å². The maximum absolute atomic E-state index is 11.0. The first-order valence-electron chi connectivity index (χ1n) is 5.50. The van der Waals surface area contributed by atoms with Crippen LogP contribution in [0, 0.1) is 0 Å². The summed E-state index contributed by atoms with van der Waals surface area (Å²) in [6.07, 6.45) is 3.92. The van der Waals surface area contributed by atoms with Crippen LogP contribution in [0.15, 0.2) is 42.1 Å². The van der Waals surface area contributed by atoms with Crippen LogP contribution >= 0.6 is 0 Å². The van der Waals surface area contributed by atoms with Crippen LogP contribution in [0.5, 0.6) is 0 Å². The second kappa shape index (κ2) is 4.78. The van der Waals surface area contributed by atoms with Gasteiger partial charge in [-0.15, -0.1) is 0 Å². The maximum Gasteiger partial charge on any atom is 0.331 e. The first-order valence-corrected chi connectivity index (χ1v) is 5.50. The summed E-state index contributed by atoms with van der Waals surface area (Å²) in [5.41, 5.74) is 2.18. The Labute approximate surface area is 99.4 Å². The second-order valence-corrected chi connectivity index (χ2v) is 3.75. The van der Waals surface area contributed by atoms with E-state index < -0.39 is 5.97 Å². The average molecular weight is 227 g/mol. The Hall–Kier alpha value is -2.16. The molecule has 1 aromatic carbocycles. The van der Waals surface area contributed by atoms with Gasteiger partial charge in [0.2, 0.25) is 0 Å². The van der Waals surface area contributed by atoms with E-state index in [1.54, 1.807) is 12.3 Å². The van der Waals surface area contributed by atoms with Crippen molar-refractivity contribution >= 4 is 22.9 Å². The quantitative estimate of drug-likeness (QED) is 0.819. The molecule has 0 radical (unpaired) electrons. The summed E-state index contributed by atoms with van der Waals surface area (Å²) in [4.78, 5) is 15.2. The van der Waals surface area contributed by atoms with Crippen LogP contribution in [0.2, 0.25) is 0 Å². The van der Waals surface area contributed by atoms with Crippen molar-refractivity contribution in [1.82, 2.24) is 4.98 Å². The zero-order valence-corrected chi connectivity index (χ0v) is 9.55. The molecule has 0 unspecified atom stereocenters. The van der Waals surface area contributed by atoms with Gasteiger partial charge in [0.25, 0.3) is 0 Å². The Bertz CT molecular complexity index is 582. The number of pyridine rings is 1. The van der Waals surface area contributed by atoms with Gasteiger partial charge in [-0.1, -0.05) is 25.1 Å². The van der Waals surface area contributed by atoms with Crippen LogP contribution in [0.25, 0.3) is 17.0 Å². The lowest BCUT2D eigenvalue weighted by molar-refractivity contribution is -0.132. The van der Waals surface area contributed by atoms with Gasteiger partial charge in [-0.05, 0) is 30.2 Å². The molecule has 0 bridgehead atoms. The van der Waals surface area contributed by atoms with E-state index in [1.165, 1.54) is 0 Å². The number of fused-ring (bicyclic) bond motifs is 1. The third-order valence-electron chi connectivity index (χ3n) is 2.67. The molecule has 0 aliphatic rings. The molecule has 0 atom stereocenters. The van der Waals surface area contributed by atoms with E-state index in [0.717, 1.165) is 16.5 Å². The molecule has 1 aromatic heterocycles. The topological polar surface area (TPSA) is 50.2 Å². The summed E-state index contributed by atoms with van der Waals surface area (Å²) < 4.78 is 0. The van der Waals surface area contributed by atoms with Crippen LogP contribution < -0.4 is 0 Å². The molecular weight excluding hydrogens is 214 g/mol. The monoisotopic (exact) mass is 227 g/mol. The number of carboxylic acid groups (broad SMARTS) is 1. The fourth-order valence-electron chi connectivity index (χ4n) is 1.75. The van der Waals surface area contributed by atoms with E-state index in [9.17, 15) is 4.79 Å². The number of hydrogen-bond donors (Lipinski definition) is 1. The molecule has 17 heavy (non-hydrogen) atoms. The lowest BCUT2D eigenvalue weighted by atomic mass is 10.1. The van der Waals surface area contributed by atoms with Crippen molar-refractivity contribution < 1.29 is 9.90 Å². The Morgan fingerprint density at radius 2 is 2.12 bits per heavy atom. The molecule has 0 saturated heterocycles.